The molecule has 0 aliphatic carbocycles. The van der Waals surface area contributed by atoms with Crippen LogP contribution in [0.1, 0.15) is 22.9 Å². The van der Waals surface area contributed by atoms with Gasteiger partial charge in [0.15, 0.2) is 0 Å². The van der Waals surface area contributed by atoms with Crippen molar-refractivity contribution in [1.82, 2.24) is 15.6 Å². The molecule has 0 radical (unpaired) electrons. The highest BCUT2D eigenvalue weighted by molar-refractivity contribution is 7.11. The summed E-state index contributed by atoms with van der Waals surface area (Å²) >= 11 is 1.61. The van der Waals surface area contributed by atoms with Crippen molar-refractivity contribution in [1.29, 1.82) is 0 Å². The molecule has 2 N–H and O–H groups in total. The number of aryl methyl sites for hydroxylation is 1. The van der Waals surface area contributed by atoms with Gasteiger partial charge in [0.05, 0.1) is 12.6 Å². The summed E-state index contributed by atoms with van der Waals surface area (Å²) in [6.45, 7) is 4.28. The molecule has 1 aromatic heterocycles. The summed E-state index contributed by atoms with van der Waals surface area (Å²) in [4.78, 5) is 16.6. The van der Waals surface area contributed by atoms with Crippen molar-refractivity contribution < 1.29 is 4.79 Å². The molecule has 5 heteroatoms. The molecule has 0 aliphatic rings. The Morgan fingerprint density at radius 1 is 1.71 bits per heavy atom. The Hall–Kier alpha value is -0.940. The van der Waals surface area contributed by atoms with Gasteiger partial charge in [-0.3, -0.25) is 4.79 Å². The zero-order valence-corrected chi connectivity index (χ0v) is 9.44. The predicted octanol–water partition coefficient (Wildman–Crippen LogP) is 0.848. The van der Waals surface area contributed by atoms with Gasteiger partial charge in [-0.25, -0.2) is 4.98 Å². The molecule has 0 spiro atoms. The van der Waals surface area contributed by atoms with Crippen molar-refractivity contribution in [2.45, 2.75) is 19.9 Å². The van der Waals surface area contributed by atoms with Crippen LogP contribution in [0.25, 0.3) is 0 Å². The Balaban J connectivity index is 2.50. The van der Waals surface area contributed by atoms with E-state index in [-0.39, 0.29) is 11.9 Å². The molecule has 1 amide bonds. The highest BCUT2D eigenvalue weighted by atomic mass is 32.1. The molecule has 0 saturated heterocycles. The van der Waals surface area contributed by atoms with Crippen LogP contribution in [-0.2, 0) is 4.79 Å². The molecular formula is C9H15N3OS. The minimum atomic E-state index is -0.00662. The fourth-order valence-electron chi connectivity index (χ4n) is 1.09. The maximum atomic E-state index is 11.2. The van der Waals surface area contributed by atoms with Crippen molar-refractivity contribution in [2.75, 3.05) is 13.6 Å². The highest BCUT2D eigenvalue weighted by Gasteiger charge is 2.11. The smallest absolute Gasteiger partial charge is 0.234 e. The molecule has 78 valence electrons. The van der Waals surface area contributed by atoms with E-state index in [4.69, 9.17) is 0 Å². The van der Waals surface area contributed by atoms with E-state index in [1.165, 1.54) is 0 Å². The van der Waals surface area contributed by atoms with Gasteiger partial charge in [0, 0.05) is 11.1 Å². The van der Waals surface area contributed by atoms with E-state index in [2.05, 4.69) is 15.6 Å². The second kappa shape index (κ2) is 5.07. The van der Waals surface area contributed by atoms with E-state index in [1.807, 2.05) is 20.0 Å². The number of thiazole rings is 1. The molecule has 1 unspecified atom stereocenters. The van der Waals surface area contributed by atoms with E-state index in [9.17, 15) is 4.79 Å². The van der Waals surface area contributed by atoms with Crippen LogP contribution in [0.4, 0.5) is 0 Å². The van der Waals surface area contributed by atoms with E-state index >= 15 is 0 Å². The molecular weight excluding hydrogens is 198 g/mol. The summed E-state index contributed by atoms with van der Waals surface area (Å²) in [5.41, 5.74) is 0. The number of likely N-dealkylation sites (N-methyl/N-ethyl adjacent to an activating group) is 1. The average molecular weight is 213 g/mol. The van der Waals surface area contributed by atoms with Gasteiger partial charge in [0.25, 0.3) is 0 Å². The van der Waals surface area contributed by atoms with E-state index in [0.29, 0.717) is 6.54 Å². The quantitative estimate of drug-likeness (QED) is 0.779. The Kier molecular flexibility index (Phi) is 4.03. The summed E-state index contributed by atoms with van der Waals surface area (Å²) in [7, 11) is 1.75. The summed E-state index contributed by atoms with van der Waals surface area (Å²) in [5, 5.41) is 6.61. The Labute approximate surface area is 87.7 Å². The normalized spacial score (nSPS) is 12.5. The number of aromatic nitrogens is 1. The van der Waals surface area contributed by atoms with E-state index < -0.39 is 0 Å². The minimum absolute atomic E-state index is 0.00505. The number of hydrogen-bond donors (Lipinski definition) is 2. The third-order valence-electron chi connectivity index (χ3n) is 1.72. The van der Waals surface area contributed by atoms with Gasteiger partial charge < -0.3 is 10.6 Å². The first kappa shape index (κ1) is 11.1. The Morgan fingerprint density at radius 3 is 2.93 bits per heavy atom. The maximum Gasteiger partial charge on any atom is 0.234 e. The third kappa shape index (κ3) is 3.08. The highest BCUT2D eigenvalue weighted by Crippen LogP contribution is 2.18. The van der Waals surface area contributed by atoms with Crippen LogP contribution in [0.2, 0.25) is 0 Å². The molecule has 0 aliphatic heterocycles. The lowest BCUT2D eigenvalue weighted by Crippen LogP contribution is -2.33. The summed E-state index contributed by atoms with van der Waals surface area (Å²) in [5.74, 6) is -0.00662. The van der Waals surface area contributed by atoms with Crippen molar-refractivity contribution in [2.24, 2.45) is 0 Å². The fraction of sp³-hybridized carbons (Fsp3) is 0.556. The van der Waals surface area contributed by atoms with Crippen molar-refractivity contribution >= 4 is 17.2 Å². The second-order valence-corrected chi connectivity index (χ2v) is 4.40. The molecule has 1 aromatic rings. The second-order valence-electron chi connectivity index (χ2n) is 3.13. The standard InChI is InChI=1S/C9H15N3OS/c1-6-4-11-9(14-6)7(2)12-8(13)5-10-3/h4,7,10H,5H2,1-3H3,(H,12,13). The largest absolute Gasteiger partial charge is 0.346 e. The van der Waals surface area contributed by atoms with Gasteiger partial charge in [-0.2, -0.15) is 0 Å². The van der Waals surface area contributed by atoms with Crippen LogP contribution in [0.15, 0.2) is 6.20 Å². The molecule has 1 rings (SSSR count). The first-order valence-electron chi connectivity index (χ1n) is 4.49. The van der Waals surface area contributed by atoms with Gasteiger partial charge in [-0.15, -0.1) is 11.3 Å². The van der Waals surface area contributed by atoms with Crippen LogP contribution < -0.4 is 10.6 Å². The van der Waals surface area contributed by atoms with Gasteiger partial charge >= 0.3 is 0 Å². The Morgan fingerprint density at radius 2 is 2.43 bits per heavy atom. The summed E-state index contributed by atoms with van der Waals surface area (Å²) in [6.07, 6.45) is 1.82. The van der Waals surface area contributed by atoms with Crippen molar-refractivity contribution in [3.63, 3.8) is 0 Å². The van der Waals surface area contributed by atoms with Gasteiger partial charge in [0.2, 0.25) is 5.91 Å². The first-order chi connectivity index (χ1) is 6.63. The molecule has 1 heterocycles. The maximum absolute atomic E-state index is 11.2. The molecule has 14 heavy (non-hydrogen) atoms. The number of amides is 1. The fourth-order valence-corrected chi connectivity index (χ4v) is 1.86. The monoisotopic (exact) mass is 213 g/mol. The minimum Gasteiger partial charge on any atom is -0.346 e. The summed E-state index contributed by atoms with van der Waals surface area (Å²) in [6, 6.07) is -0.00505. The number of rotatable bonds is 4. The number of hydrogen-bond acceptors (Lipinski definition) is 4. The molecule has 0 fully saturated rings. The van der Waals surface area contributed by atoms with Crippen LogP contribution in [-0.4, -0.2) is 24.5 Å². The first-order valence-corrected chi connectivity index (χ1v) is 5.31. The average Bonchev–Trinajstić information content (AvgIpc) is 2.52. The van der Waals surface area contributed by atoms with E-state index in [0.717, 1.165) is 9.88 Å². The molecule has 0 bridgehead atoms. The Bertz CT molecular complexity index is 311. The SMILES string of the molecule is CNCC(=O)NC(C)c1ncc(C)s1. The van der Waals surface area contributed by atoms with Crippen LogP contribution in [0.3, 0.4) is 0 Å². The molecule has 4 nitrogen and oxygen atoms in total. The lowest BCUT2D eigenvalue weighted by molar-refractivity contribution is -0.120. The molecule has 0 aromatic carbocycles. The summed E-state index contributed by atoms with van der Waals surface area (Å²) < 4.78 is 0. The number of nitrogens with one attached hydrogen (secondary N) is 2. The van der Waals surface area contributed by atoms with Crippen LogP contribution >= 0.6 is 11.3 Å². The molecule has 1 atom stereocenters. The number of nitrogens with zero attached hydrogens (tertiary/aromatic N) is 1. The topological polar surface area (TPSA) is 54.0 Å². The van der Waals surface area contributed by atoms with Crippen LogP contribution in [0, 0.1) is 6.92 Å². The third-order valence-corrected chi connectivity index (χ3v) is 2.82. The molecule has 0 saturated carbocycles. The predicted molar refractivity (Wildman–Crippen MR) is 57.3 cm³/mol. The number of carbonyl (C=O) groups excluding carboxylic acids is 1. The van der Waals surface area contributed by atoms with Crippen LogP contribution in [0.5, 0.6) is 0 Å². The van der Waals surface area contributed by atoms with Gasteiger partial charge in [-0.1, -0.05) is 0 Å². The van der Waals surface area contributed by atoms with Gasteiger partial charge in [0.1, 0.15) is 5.01 Å². The number of carbonyl (C=O) groups is 1. The van der Waals surface area contributed by atoms with Gasteiger partial charge in [-0.05, 0) is 20.9 Å². The zero-order valence-electron chi connectivity index (χ0n) is 8.63. The van der Waals surface area contributed by atoms with Crippen molar-refractivity contribution in [3.05, 3.63) is 16.1 Å². The van der Waals surface area contributed by atoms with E-state index in [1.54, 1.807) is 18.4 Å². The van der Waals surface area contributed by atoms with Crippen molar-refractivity contribution in [3.8, 4) is 0 Å². The lowest BCUT2D eigenvalue weighted by atomic mass is 10.3. The lowest BCUT2D eigenvalue weighted by Gasteiger charge is -2.10. The zero-order chi connectivity index (χ0) is 10.6.